The van der Waals surface area contributed by atoms with Gasteiger partial charge in [0.25, 0.3) is 0 Å². The highest BCUT2D eigenvalue weighted by molar-refractivity contribution is 5.85. The zero-order valence-corrected chi connectivity index (χ0v) is 18.8. The van der Waals surface area contributed by atoms with Crippen molar-refractivity contribution in [3.05, 3.63) is 0 Å². The molecule has 3 N–H and O–H groups in total. The van der Waals surface area contributed by atoms with Gasteiger partial charge in [0, 0.05) is 12.8 Å². The van der Waals surface area contributed by atoms with Gasteiger partial charge >= 0.3 is 5.97 Å². The summed E-state index contributed by atoms with van der Waals surface area (Å²) in [6.45, 7) is 4.19. The maximum Gasteiger partial charge on any atom is 0.328 e. The average Bonchev–Trinajstić information content (AvgIpc) is 2.68. The van der Waals surface area contributed by atoms with E-state index < -0.39 is 17.9 Å². The van der Waals surface area contributed by atoms with Gasteiger partial charge in [0.2, 0.25) is 11.8 Å². The Hall–Kier alpha value is -1.59. The third-order valence-corrected chi connectivity index (χ3v) is 5.09. The molecule has 1 unspecified atom stereocenters. The maximum atomic E-state index is 12.1. The largest absolute Gasteiger partial charge is 0.464 e. The minimum absolute atomic E-state index is 0.0441. The number of nitrogens with two attached hydrogens (primary N) is 1. The van der Waals surface area contributed by atoms with E-state index in [9.17, 15) is 14.4 Å². The van der Waals surface area contributed by atoms with Crippen LogP contribution in [0.1, 0.15) is 117 Å². The van der Waals surface area contributed by atoms with Crippen LogP contribution < -0.4 is 11.1 Å². The summed E-state index contributed by atoms with van der Waals surface area (Å²) in [6, 6.07) is -0.795. The number of primary amides is 1. The van der Waals surface area contributed by atoms with Crippen LogP contribution in [0, 0.1) is 0 Å². The van der Waals surface area contributed by atoms with Crippen molar-refractivity contribution in [2.75, 3.05) is 6.61 Å². The molecule has 1 atom stereocenters. The number of nitrogens with one attached hydrogen (secondary N) is 1. The number of unbranched alkanes of at least 4 members (excludes halogenated alkanes) is 12. The van der Waals surface area contributed by atoms with Gasteiger partial charge in [0.1, 0.15) is 6.04 Å². The van der Waals surface area contributed by atoms with Crippen molar-refractivity contribution in [2.45, 2.75) is 123 Å². The van der Waals surface area contributed by atoms with E-state index in [1.807, 2.05) is 0 Å². The van der Waals surface area contributed by atoms with Crippen LogP contribution >= 0.6 is 0 Å². The van der Waals surface area contributed by atoms with E-state index in [0.29, 0.717) is 6.42 Å². The van der Waals surface area contributed by atoms with Gasteiger partial charge in [-0.1, -0.05) is 84.0 Å². The van der Waals surface area contributed by atoms with Crippen LogP contribution in [0.3, 0.4) is 0 Å². The maximum absolute atomic E-state index is 12.1. The number of carbonyl (C=O) groups excluding carboxylic acids is 3. The number of rotatable bonds is 20. The van der Waals surface area contributed by atoms with Crippen LogP contribution in [0.2, 0.25) is 0 Å². The van der Waals surface area contributed by atoms with Crippen LogP contribution in [0.15, 0.2) is 0 Å². The lowest BCUT2D eigenvalue weighted by Gasteiger charge is -2.16. The Morgan fingerprint density at radius 2 is 1.24 bits per heavy atom. The molecule has 0 rings (SSSR count). The van der Waals surface area contributed by atoms with Crippen molar-refractivity contribution >= 4 is 17.8 Å². The molecular weight excluding hydrogens is 368 g/mol. The molecule has 0 fully saturated rings. The molecule has 0 aliphatic heterocycles. The fourth-order valence-corrected chi connectivity index (χ4v) is 3.35. The van der Waals surface area contributed by atoms with Crippen molar-refractivity contribution in [1.82, 2.24) is 5.32 Å². The third kappa shape index (κ3) is 18.2. The van der Waals surface area contributed by atoms with Gasteiger partial charge < -0.3 is 15.8 Å². The monoisotopic (exact) mass is 412 g/mol. The molecule has 0 heterocycles. The molecule has 29 heavy (non-hydrogen) atoms. The van der Waals surface area contributed by atoms with E-state index in [4.69, 9.17) is 10.5 Å². The zero-order valence-electron chi connectivity index (χ0n) is 18.8. The quantitative estimate of drug-likeness (QED) is 0.222. The third-order valence-electron chi connectivity index (χ3n) is 5.09. The van der Waals surface area contributed by atoms with Gasteiger partial charge in [-0.3, -0.25) is 9.59 Å². The lowest BCUT2D eigenvalue weighted by Crippen LogP contribution is -2.42. The smallest absolute Gasteiger partial charge is 0.328 e. The minimum atomic E-state index is -0.795. The van der Waals surface area contributed by atoms with Gasteiger partial charge in [-0.05, 0) is 19.8 Å². The summed E-state index contributed by atoms with van der Waals surface area (Å²) >= 11 is 0. The standard InChI is InChI=1S/C23H44N2O4/c1-3-5-6-7-8-9-10-11-12-13-14-15-16-17-22(27)25-20(18-19-21(24)26)23(28)29-4-2/h20H,3-19H2,1-2H3,(H2,24,26)(H,25,27). The predicted molar refractivity (Wildman–Crippen MR) is 117 cm³/mol. The minimum Gasteiger partial charge on any atom is -0.464 e. The average molecular weight is 413 g/mol. The zero-order chi connectivity index (χ0) is 21.7. The van der Waals surface area contributed by atoms with Gasteiger partial charge in [-0.2, -0.15) is 0 Å². The molecule has 0 aromatic carbocycles. The summed E-state index contributed by atoms with van der Waals surface area (Å²) in [5.41, 5.74) is 5.13. The number of ether oxygens (including phenoxy) is 1. The number of esters is 1. The van der Waals surface area contributed by atoms with E-state index in [1.165, 1.54) is 64.2 Å². The second kappa shape index (κ2) is 19.7. The van der Waals surface area contributed by atoms with Gasteiger partial charge in [0.05, 0.1) is 6.61 Å². The second-order valence-corrected chi connectivity index (χ2v) is 7.87. The molecule has 0 aromatic rings. The Kier molecular flexibility index (Phi) is 18.6. The first-order valence-electron chi connectivity index (χ1n) is 11.8. The van der Waals surface area contributed by atoms with Crippen molar-refractivity contribution in [1.29, 1.82) is 0 Å². The highest BCUT2D eigenvalue weighted by Crippen LogP contribution is 2.13. The van der Waals surface area contributed by atoms with Crippen molar-refractivity contribution in [3.63, 3.8) is 0 Å². The molecule has 2 amide bonds. The lowest BCUT2D eigenvalue weighted by atomic mass is 10.0. The molecule has 6 heteroatoms. The van der Waals surface area contributed by atoms with Crippen molar-refractivity contribution in [2.24, 2.45) is 5.73 Å². The van der Waals surface area contributed by atoms with Crippen LogP contribution in [-0.4, -0.2) is 30.4 Å². The van der Waals surface area contributed by atoms with Crippen LogP contribution in [0.5, 0.6) is 0 Å². The van der Waals surface area contributed by atoms with E-state index in [0.717, 1.165) is 19.3 Å². The summed E-state index contributed by atoms with van der Waals surface area (Å²) in [7, 11) is 0. The molecule has 0 saturated heterocycles. The van der Waals surface area contributed by atoms with Crippen LogP contribution in [0.4, 0.5) is 0 Å². The molecule has 6 nitrogen and oxygen atoms in total. The van der Waals surface area contributed by atoms with Crippen molar-refractivity contribution < 1.29 is 19.1 Å². The highest BCUT2D eigenvalue weighted by atomic mass is 16.5. The lowest BCUT2D eigenvalue weighted by molar-refractivity contribution is -0.147. The molecule has 0 bridgehead atoms. The number of carbonyl (C=O) groups is 3. The first-order chi connectivity index (χ1) is 14.0. The molecule has 0 spiro atoms. The van der Waals surface area contributed by atoms with Gasteiger partial charge in [-0.25, -0.2) is 4.79 Å². The normalized spacial score (nSPS) is 11.8. The molecule has 0 aromatic heterocycles. The molecule has 170 valence electrons. The predicted octanol–water partition coefficient (Wildman–Crippen LogP) is 4.78. The van der Waals surface area contributed by atoms with E-state index >= 15 is 0 Å². The Balaban J connectivity index is 3.70. The Bertz CT molecular complexity index is 441. The summed E-state index contributed by atoms with van der Waals surface area (Å²) in [5.74, 6) is -1.17. The number of hydrogen-bond donors (Lipinski definition) is 2. The van der Waals surface area contributed by atoms with Crippen LogP contribution in [0.25, 0.3) is 0 Å². The second-order valence-electron chi connectivity index (χ2n) is 7.87. The van der Waals surface area contributed by atoms with E-state index in [1.54, 1.807) is 6.92 Å². The molecule has 0 saturated carbocycles. The Morgan fingerprint density at radius 3 is 1.69 bits per heavy atom. The molecule has 0 aliphatic rings. The van der Waals surface area contributed by atoms with E-state index in [2.05, 4.69) is 12.2 Å². The Labute approximate surface area is 177 Å². The first-order valence-corrected chi connectivity index (χ1v) is 11.8. The molecule has 0 aliphatic carbocycles. The fourth-order valence-electron chi connectivity index (χ4n) is 3.35. The number of amides is 2. The SMILES string of the molecule is CCCCCCCCCCCCCCCC(=O)NC(CCC(N)=O)C(=O)OCC. The molecular formula is C23H44N2O4. The summed E-state index contributed by atoms with van der Waals surface area (Å²) in [4.78, 5) is 34.9. The summed E-state index contributed by atoms with van der Waals surface area (Å²) < 4.78 is 4.95. The Morgan fingerprint density at radius 1 is 0.759 bits per heavy atom. The van der Waals surface area contributed by atoms with Gasteiger partial charge in [0.15, 0.2) is 0 Å². The van der Waals surface area contributed by atoms with Gasteiger partial charge in [-0.15, -0.1) is 0 Å². The van der Waals surface area contributed by atoms with Crippen LogP contribution in [-0.2, 0) is 19.1 Å². The highest BCUT2D eigenvalue weighted by Gasteiger charge is 2.22. The first kappa shape index (κ1) is 27.4. The molecule has 0 radical (unpaired) electrons. The van der Waals surface area contributed by atoms with E-state index in [-0.39, 0.29) is 25.4 Å². The fraction of sp³-hybridized carbons (Fsp3) is 0.870. The van der Waals surface area contributed by atoms with Crippen molar-refractivity contribution in [3.8, 4) is 0 Å². The topological polar surface area (TPSA) is 98.5 Å². The number of hydrogen-bond acceptors (Lipinski definition) is 4. The summed E-state index contributed by atoms with van der Waals surface area (Å²) in [5, 5.41) is 2.68. The summed E-state index contributed by atoms with van der Waals surface area (Å²) in [6.07, 6.45) is 16.9.